The Hall–Kier alpha value is -2.20. The van der Waals surface area contributed by atoms with Crippen LogP contribution >= 0.6 is 0 Å². The van der Waals surface area contributed by atoms with Gasteiger partial charge in [0.1, 0.15) is 5.75 Å². The first-order chi connectivity index (χ1) is 11.7. The van der Waals surface area contributed by atoms with Gasteiger partial charge in [-0.05, 0) is 47.7 Å². The Kier molecular flexibility index (Phi) is 4.95. The van der Waals surface area contributed by atoms with E-state index in [1.54, 1.807) is 21.3 Å². The SMILES string of the molecule is CCc1ccc(C2NCCc3cc(OC)c(OC)cc32)c(OC)c1. The second-order valence-corrected chi connectivity index (χ2v) is 5.97. The van der Waals surface area contributed by atoms with E-state index in [2.05, 4.69) is 42.6 Å². The van der Waals surface area contributed by atoms with Crippen LogP contribution < -0.4 is 19.5 Å². The zero-order valence-electron chi connectivity index (χ0n) is 14.8. The monoisotopic (exact) mass is 327 g/mol. The number of fused-ring (bicyclic) bond motifs is 1. The first-order valence-corrected chi connectivity index (χ1v) is 8.36. The smallest absolute Gasteiger partial charge is 0.161 e. The molecule has 2 aromatic rings. The molecule has 0 bridgehead atoms. The van der Waals surface area contributed by atoms with Crippen LogP contribution in [-0.4, -0.2) is 27.9 Å². The minimum Gasteiger partial charge on any atom is -0.496 e. The van der Waals surface area contributed by atoms with Crippen molar-refractivity contribution in [3.63, 3.8) is 0 Å². The number of nitrogens with one attached hydrogen (secondary N) is 1. The van der Waals surface area contributed by atoms with E-state index in [4.69, 9.17) is 14.2 Å². The van der Waals surface area contributed by atoms with Crippen molar-refractivity contribution < 1.29 is 14.2 Å². The molecule has 1 N–H and O–H groups in total. The van der Waals surface area contributed by atoms with Gasteiger partial charge in [0.05, 0.1) is 27.4 Å². The van der Waals surface area contributed by atoms with Gasteiger partial charge in [0, 0.05) is 12.1 Å². The molecular formula is C20H25NO3. The second kappa shape index (κ2) is 7.14. The van der Waals surface area contributed by atoms with Gasteiger partial charge in [0.15, 0.2) is 11.5 Å². The van der Waals surface area contributed by atoms with Crippen molar-refractivity contribution in [3.8, 4) is 17.2 Å². The van der Waals surface area contributed by atoms with Crippen molar-refractivity contribution >= 4 is 0 Å². The van der Waals surface area contributed by atoms with Gasteiger partial charge in [-0.25, -0.2) is 0 Å². The minimum absolute atomic E-state index is 0.0920. The average Bonchev–Trinajstić information content (AvgIpc) is 2.65. The highest BCUT2D eigenvalue weighted by Crippen LogP contribution is 2.39. The third-order valence-corrected chi connectivity index (χ3v) is 4.72. The van der Waals surface area contributed by atoms with Crippen LogP contribution in [0.4, 0.5) is 0 Å². The van der Waals surface area contributed by atoms with E-state index in [0.717, 1.165) is 42.2 Å². The van der Waals surface area contributed by atoms with Crippen LogP contribution in [0, 0.1) is 0 Å². The lowest BCUT2D eigenvalue weighted by molar-refractivity contribution is 0.352. The summed E-state index contributed by atoms with van der Waals surface area (Å²) in [5.41, 5.74) is 4.95. The molecule has 4 heteroatoms. The standard InChI is InChI=1S/C20H25NO3/c1-5-13-6-7-15(17(10-13)22-2)20-16-12-19(24-4)18(23-3)11-14(16)8-9-21-20/h6-7,10-12,20-21H,5,8-9H2,1-4H3. The molecule has 4 nitrogen and oxygen atoms in total. The van der Waals surface area contributed by atoms with Crippen molar-refractivity contribution in [2.24, 2.45) is 0 Å². The third-order valence-electron chi connectivity index (χ3n) is 4.72. The maximum atomic E-state index is 5.66. The van der Waals surface area contributed by atoms with Crippen molar-refractivity contribution in [2.75, 3.05) is 27.9 Å². The topological polar surface area (TPSA) is 39.7 Å². The van der Waals surface area contributed by atoms with Crippen LogP contribution in [-0.2, 0) is 12.8 Å². The molecular weight excluding hydrogens is 302 g/mol. The predicted molar refractivity (Wildman–Crippen MR) is 95.5 cm³/mol. The largest absolute Gasteiger partial charge is 0.496 e. The lowest BCUT2D eigenvalue weighted by Gasteiger charge is -2.29. The third kappa shape index (κ3) is 2.94. The molecule has 1 heterocycles. The fourth-order valence-electron chi connectivity index (χ4n) is 3.37. The number of hydrogen-bond donors (Lipinski definition) is 1. The van der Waals surface area contributed by atoms with E-state index in [9.17, 15) is 0 Å². The number of aryl methyl sites for hydroxylation is 1. The van der Waals surface area contributed by atoms with Gasteiger partial charge in [-0.3, -0.25) is 0 Å². The van der Waals surface area contributed by atoms with Gasteiger partial charge < -0.3 is 19.5 Å². The molecule has 0 spiro atoms. The summed E-state index contributed by atoms with van der Waals surface area (Å²) >= 11 is 0. The summed E-state index contributed by atoms with van der Waals surface area (Å²) in [5.74, 6) is 2.47. The summed E-state index contributed by atoms with van der Waals surface area (Å²) in [6.07, 6.45) is 1.97. The second-order valence-electron chi connectivity index (χ2n) is 5.97. The Bertz CT molecular complexity index is 727. The Balaban J connectivity index is 2.09. The van der Waals surface area contributed by atoms with E-state index >= 15 is 0 Å². The van der Waals surface area contributed by atoms with Crippen LogP contribution in [0.2, 0.25) is 0 Å². The summed E-state index contributed by atoms with van der Waals surface area (Å²) in [5, 5.41) is 3.62. The fourth-order valence-corrected chi connectivity index (χ4v) is 3.37. The molecule has 1 unspecified atom stereocenters. The minimum atomic E-state index is 0.0920. The molecule has 0 saturated carbocycles. The van der Waals surface area contributed by atoms with Gasteiger partial charge in [0.2, 0.25) is 0 Å². The average molecular weight is 327 g/mol. The van der Waals surface area contributed by atoms with Crippen molar-refractivity contribution in [2.45, 2.75) is 25.8 Å². The summed E-state index contributed by atoms with van der Waals surface area (Å²) in [4.78, 5) is 0. The summed E-state index contributed by atoms with van der Waals surface area (Å²) in [7, 11) is 5.08. The zero-order valence-corrected chi connectivity index (χ0v) is 14.8. The van der Waals surface area contributed by atoms with Crippen molar-refractivity contribution in [3.05, 3.63) is 52.6 Å². The fraction of sp³-hybridized carbons (Fsp3) is 0.400. The quantitative estimate of drug-likeness (QED) is 0.912. The molecule has 0 aliphatic carbocycles. The van der Waals surface area contributed by atoms with Gasteiger partial charge in [0.25, 0.3) is 0 Å². The van der Waals surface area contributed by atoms with Crippen molar-refractivity contribution in [1.29, 1.82) is 0 Å². The van der Waals surface area contributed by atoms with Crippen LogP contribution in [0.5, 0.6) is 17.2 Å². The highest BCUT2D eigenvalue weighted by atomic mass is 16.5. The highest BCUT2D eigenvalue weighted by Gasteiger charge is 2.26. The molecule has 0 fully saturated rings. The maximum Gasteiger partial charge on any atom is 0.161 e. The van der Waals surface area contributed by atoms with Gasteiger partial charge >= 0.3 is 0 Å². The molecule has 3 rings (SSSR count). The number of rotatable bonds is 5. The molecule has 0 saturated heterocycles. The number of ether oxygens (including phenoxy) is 3. The summed E-state index contributed by atoms with van der Waals surface area (Å²) in [6, 6.07) is 10.7. The molecule has 24 heavy (non-hydrogen) atoms. The highest BCUT2D eigenvalue weighted by molar-refractivity contribution is 5.53. The van der Waals surface area contributed by atoms with Gasteiger partial charge in [-0.1, -0.05) is 19.1 Å². The maximum absolute atomic E-state index is 5.66. The van der Waals surface area contributed by atoms with E-state index in [1.165, 1.54) is 16.7 Å². The Morgan fingerprint density at radius 2 is 1.62 bits per heavy atom. The molecule has 0 amide bonds. The first kappa shape index (κ1) is 16.7. The van der Waals surface area contributed by atoms with Gasteiger partial charge in [-0.15, -0.1) is 0 Å². The van der Waals surface area contributed by atoms with E-state index in [-0.39, 0.29) is 6.04 Å². The molecule has 1 aliphatic rings. The van der Waals surface area contributed by atoms with Crippen LogP contribution in [0.15, 0.2) is 30.3 Å². The first-order valence-electron chi connectivity index (χ1n) is 8.36. The van der Waals surface area contributed by atoms with Crippen LogP contribution in [0.25, 0.3) is 0 Å². The summed E-state index contributed by atoms with van der Waals surface area (Å²) in [6.45, 7) is 3.07. The van der Waals surface area contributed by atoms with Crippen molar-refractivity contribution in [1.82, 2.24) is 5.32 Å². The molecule has 0 aromatic heterocycles. The molecule has 1 atom stereocenters. The van der Waals surface area contributed by atoms with E-state index in [0.29, 0.717) is 0 Å². The lowest BCUT2D eigenvalue weighted by atomic mass is 9.88. The normalized spacial score (nSPS) is 16.4. The lowest BCUT2D eigenvalue weighted by Crippen LogP contribution is -2.31. The van der Waals surface area contributed by atoms with Gasteiger partial charge in [-0.2, -0.15) is 0 Å². The molecule has 2 aromatic carbocycles. The molecule has 1 aliphatic heterocycles. The number of benzene rings is 2. The van der Waals surface area contributed by atoms with E-state index in [1.807, 2.05) is 0 Å². The Morgan fingerprint density at radius 3 is 2.29 bits per heavy atom. The number of hydrogen-bond acceptors (Lipinski definition) is 4. The molecule has 0 radical (unpaired) electrons. The van der Waals surface area contributed by atoms with Crippen LogP contribution in [0.1, 0.15) is 35.2 Å². The zero-order chi connectivity index (χ0) is 17.1. The summed E-state index contributed by atoms with van der Waals surface area (Å²) < 4.78 is 16.6. The Morgan fingerprint density at radius 1 is 0.917 bits per heavy atom. The predicted octanol–water partition coefficient (Wildman–Crippen LogP) is 3.51. The van der Waals surface area contributed by atoms with Crippen LogP contribution in [0.3, 0.4) is 0 Å². The van der Waals surface area contributed by atoms with E-state index < -0.39 is 0 Å². The Labute approximate surface area is 143 Å². The molecule has 128 valence electrons. The number of methoxy groups -OCH3 is 3.